The van der Waals surface area contributed by atoms with Gasteiger partial charge in [-0.15, -0.1) is 0 Å². The van der Waals surface area contributed by atoms with Crippen LogP contribution in [0.25, 0.3) is 22.3 Å². The average molecular weight is 1990 g/mol. The van der Waals surface area contributed by atoms with Crippen LogP contribution < -0.4 is 57.2 Å². The number of nitrogens with zero attached hydrogens (tertiary/aromatic N) is 1. The maximum Gasteiger partial charge on any atom is 0.247 e. The number of phenols is 3. The lowest BCUT2D eigenvalue weighted by atomic mass is 9.84. The standard InChI is InChI=1S/C98H120Cl3N9O29/c1-8-48(30-45(2)3)92(129)108-79-66(116)34-55(37-74(102)119)93(130)106-77-54-35-71(135-69-25-20-52(81(79)120)32-61(69)100)89(139-97-90(88(127)86(125)73(44-112)137-97)138-75-40-98(5,91(128)46(4)134-75)105-41-47-13-15-49(16-14-47)50-17-22-56(99)23-18-50)72(36-54)136-70-26-21-53(33-62(70)101)82(121)80-96(133)107-78(95(132)104-28-11-29-110(6)7)59-39-65(115)60(42-103-27-10-9-12-64(114)84(123)87(126)85(124)68(118)43-111)83(122)76(59)58-31-51(19-24-63(58)113)57(38-67(77)117)94(131)109-80/h13-26,31-33,35-36,39,45-46,48,55,57,68,73,75,77-82,84-88,90-91,97,103,105,111-113,115,118,120-128H,8-12,27-30,34,37-38,40-44H2,1-7H3,(H2,102,119)(H,104,132)(H,106,130)(H,107,133)(H,108,129)(H,109,131)/t46-,48+,55-,57+,68+,73+,75-,77+,78?,79-,80-,81+,82+,84-,85+,86?,87+,88?,90+,91+,97-,98?/m0/s1. The van der Waals surface area contributed by atoms with Crippen LogP contribution >= 0.6 is 34.8 Å². The number of ether oxygens (including phenoxy) is 6. The summed E-state index contributed by atoms with van der Waals surface area (Å²) in [5.74, 6) is -19.6. The Bertz CT molecular complexity index is 5590. The number of carbonyl (C=O) groups excluding carboxylic acids is 9. The Kier molecular flexibility index (Phi) is 36.5. The summed E-state index contributed by atoms with van der Waals surface area (Å²) >= 11 is 20.8. The Morgan fingerprint density at radius 2 is 1.32 bits per heavy atom. The van der Waals surface area contributed by atoms with Crippen molar-refractivity contribution in [2.45, 2.75) is 233 Å². The summed E-state index contributed by atoms with van der Waals surface area (Å²) in [6, 6.07) is 20.1. The number of nitrogens with two attached hydrogens (primary N) is 1. The number of nitrogens with one attached hydrogen (secondary N) is 7. The molecule has 4 unspecified atom stereocenters. The van der Waals surface area contributed by atoms with Gasteiger partial charge in [-0.25, -0.2) is 0 Å². The highest BCUT2D eigenvalue weighted by molar-refractivity contribution is 6.32. The van der Waals surface area contributed by atoms with Crippen LogP contribution in [-0.2, 0) is 70.5 Å². The molecule has 7 aromatic carbocycles. The third-order valence-corrected chi connectivity index (χ3v) is 26.5. The molecule has 2 fully saturated rings. The van der Waals surface area contributed by atoms with E-state index in [1.54, 1.807) is 47.0 Å². The van der Waals surface area contributed by atoms with Crippen LogP contribution in [0.1, 0.15) is 168 Å². The Labute approximate surface area is 815 Å². The molecular weight excluding hydrogens is 1870 g/mol. The van der Waals surface area contributed by atoms with E-state index in [1.807, 2.05) is 55.1 Å². The molecule has 139 heavy (non-hydrogen) atoms. The van der Waals surface area contributed by atoms with E-state index in [0.29, 0.717) is 24.4 Å². The van der Waals surface area contributed by atoms with Gasteiger partial charge in [0.2, 0.25) is 47.5 Å². The van der Waals surface area contributed by atoms with Crippen molar-refractivity contribution in [2.24, 2.45) is 23.5 Å². The quantitative estimate of drug-likeness (QED) is 0.0243. The molecule has 22 atom stereocenters. The van der Waals surface area contributed by atoms with E-state index in [-0.39, 0.29) is 96.4 Å². The molecule has 23 N–H and O–H groups in total. The normalized spacial score (nSPS) is 25.7. The Balaban J connectivity index is 1.02. The van der Waals surface area contributed by atoms with Crippen molar-refractivity contribution in [1.29, 1.82) is 0 Å². The fourth-order valence-electron chi connectivity index (χ4n) is 17.7. The number of aliphatic hydroxyl groups excluding tert-OH is 11. The highest BCUT2D eigenvalue weighted by Gasteiger charge is 2.53. The summed E-state index contributed by atoms with van der Waals surface area (Å²) in [5.41, 5.74) is 4.55. The Morgan fingerprint density at radius 1 is 0.676 bits per heavy atom. The lowest BCUT2D eigenvalue weighted by Crippen LogP contribution is -2.65. The minimum atomic E-state index is -2.29. The molecule has 11 bridgehead atoms. The number of hydrogen-bond donors (Lipinski definition) is 22. The van der Waals surface area contributed by atoms with Crippen molar-refractivity contribution in [1.82, 2.24) is 42.1 Å². The molecule has 0 radical (unpaired) electrons. The van der Waals surface area contributed by atoms with Gasteiger partial charge in [-0.05, 0) is 190 Å². The summed E-state index contributed by atoms with van der Waals surface area (Å²) < 4.78 is 40.0. The first-order valence-corrected chi connectivity index (χ1v) is 47.0. The number of ketones is 3. The third-order valence-electron chi connectivity index (χ3n) is 25.7. The second-order valence-electron chi connectivity index (χ2n) is 36.7. The maximum atomic E-state index is 16.8. The number of halogens is 3. The largest absolute Gasteiger partial charge is 0.507 e. The minimum absolute atomic E-state index is 0.0102. The van der Waals surface area contributed by atoms with Gasteiger partial charge in [-0.2, -0.15) is 0 Å². The fraction of sp³-hybridized carbons (Fsp3) is 0.480. The SMILES string of the molecule is CC[C@H](CC(C)C)C(=O)N[C@H]1C(=O)C[C@@H](CC(N)=O)C(=O)N[C@H]2C(=O)C[C@H]3C(=O)N[C@H](C(=O)NC(C(=O)NCCCN(C)C)c4cc(O)c(CNCCCCC(=O)[C@H](O)[C@@H](O)[C@H](O)[C@H](O)CO)c(O)c4-c4cc3ccc4O)[C@H](O)c3ccc(c(Cl)c3)Oc3cc2cc(c3O[C@@H]2O[C@H](CO)C(O)C(O)[C@H]2O[C@H]2CC(C)(NCc3ccc(-c4ccc(Cl)cc4)cc3)[C@H](O)[C@H](C)O2)Oc2ccc(cc2Cl)[C@H]1O. The molecule has 2 saturated heterocycles. The van der Waals surface area contributed by atoms with Gasteiger partial charge in [-0.3, -0.25) is 43.2 Å². The molecule has 38 nitrogen and oxygen atoms in total. The number of fused-ring (bicyclic) bond motifs is 15. The van der Waals surface area contributed by atoms with E-state index >= 15 is 28.8 Å². The third kappa shape index (κ3) is 25.6. The second-order valence-corrected chi connectivity index (χ2v) is 37.9. The number of amides is 6. The zero-order chi connectivity index (χ0) is 101. The predicted molar refractivity (Wildman–Crippen MR) is 503 cm³/mol. The summed E-state index contributed by atoms with van der Waals surface area (Å²) in [4.78, 5) is 138. The van der Waals surface area contributed by atoms with Crippen molar-refractivity contribution >= 4 is 87.6 Å². The molecule has 0 spiro atoms. The molecule has 7 heterocycles. The molecule has 7 aliphatic rings. The second kappa shape index (κ2) is 47.3. The summed E-state index contributed by atoms with van der Waals surface area (Å²) in [6.07, 6.45) is -28.7. The van der Waals surface area contributed by atoms with Crippen LogP contribution in [0.4, 0.5) is 0 Å². The van der Waals surface area contributed by atoms with Gasteiger partial charge < -0.3 is 148 Å². The van der Waals surface area contributed by atoms with E-state index in [9.17, 15) is 85.9 Å². The van der Waals surface area contributed by atoms with Crippen LogP contribution in [0.5, 0.6) is 46.0 Å². The Morgan fingerprint density at radius 3 is 1.93 bits per heavy atom. The van der Waals surface area contributed by atoms with Crippen molar-refractivity contribution < 1.29 is 143 Å². The van der Waals surface area contributed by atoms with Gasteiger partial charge in [0.1, 0.15) is 108 Å². The lowest BCUT2D eigenvalue weighted by molar-refractivity contribution is -0.334. The molecule has 14 rings (SSSR count). The van der Waals surface area contributed by atoms with Gasteiger partial charge in [0, 0.05) is 79.3 Å². The summed E-state index contributed by atoms with van der Waals surface area (Å²) in [5, 5.41) is 180. The van der Waals surface area contributed by atoms with E-state index in [0.717, 1.165) is 59.2 Å². The highest BCUT2D eigenvalue weighted by atomic mass is 35.5. The van der Waals surface area contributed by atoms with Gasteiger partial charge in [0.15, 0.2) is 41.2 Å². The molecule has 0 aromatic heterocycles. The van der Waals surface area contributed by atoms with Gasteiger partial charge in [-0.1, -0.05) is 110 Å². The maximum absolute atomic E-state index is 16.8. The average Bonchev–Trinajstić information content (AvgIpc) is 0.754. The molecule has 7 aromatic rings. The van der Waals surface area contributed by atoms with Gasteiger partial charge in [0.05, 0.1) is 52.9 Å². The van der Waals surface area contributed by atoms with Gasteiger partial charge >= 0.3 is 0 Å². The van der Waals surface area contributed by atoms with E-state index in [4.69, 9.17) is 69.0 Å². The van der Waals surface area contributed by atoms with Crippen LogP contribution in [0, 0.1) is 17.8 Å². The van der Waals surface area contributed by atoms with Crippen molar-refractivity contribution in [3.05, 3.63) is 175 Å². The number of phenolic OH excluding ortho intramolecular Hbond substituents is 3. The number of primary amides is 1. The van der Waals surface area contributed by atoms with E-state index < -0.39 is 287 Å². The Hall–Kier alpha value is -10.6. The number of aliphatic hydroxyl groups is 11. The predicted octanol–water partition coefficient (Wildman–Crippen LogP) is 4.92. The topological polar surface area (TPSA) is 606 Å². The molecule has 0 saturated carbocycles. The molecular formula is C98H120Cl3N9O29. The number of unbranched alkanes of at least 4 members (excludes halogenated alkanes) is 1. The number of aromatic hydroxyl groups is 3. The van der Waals surface area contributed by atoms with Crippen LogP contribution in [-0.4, -0.2) is 267 Å². The van der Waals surface area contributed by atoms with Crippen LogP contribution in [0.15, 0.2) is 121 Å². The fourth-order valence-corrected chi connectivity index (χ4v) is 18.3. The molecule has 0 aliphatic carbocycles. The molecule has 6 amide bonds. The smallest absolute Gasteiger partial charge is 0.247 e. The van der Waals surface area contributed by atoms with Crippen LogP contribution in [0.3, 0.4) is 0 Å². The first kappa shape index (κ1) is 107. The van der Waals surface area contributed by atoms with Crippen molar-refractivity contribution in [2.75, 3.05) is 46.9 Å². The highest BCUT2D eigenvalue weighted by Crippen LogP contribution is 2.52. The monoisotopic (exact) mass is 1990 g/mol. The number of benzene rings is 7. The van der Waals surface area contributed by atoms with Crippen LogP contribution in [0.2, 0.25) is 15.1 Å². The molecule has 7 aliphatic heterocycles. The summed E-state index contributed by atoms with van der Waals surface area (Å²) in [7, 11) is 3.55. The number of Topliss-reactive ketones (excluding diaryl/α,β-unsaturated/α-hetero) is 3. The zero-order valence-corrected chi connectivity index (χ0v) is 79.6. The number of carbonyl (C=O) groups is 9. The van der Waals surface area contributed by atoms with E-state index in [2.05, 4.69) is 37.2 Å². The molecule has 752 valence electrons. The minimum Gasteiger partial charge on any atom is -0.507 e. The number of hydrogen-bond acceptors (Lipinski definition) is 32. The molecule has 41 heteroatoms. The first-order valence-electron chi connectivity index (χ1n) is 45.8. The zero-order valence-electron chi connectivity index (χ0n) is 77.3. The van der Waals surface area contributed by atoms with Gasteiger partial charge in [0.25, 0.3) is 0 Å². The lowest BCUT2D eigenvalue weighted by Gasteiger charge is -2.48. The number of rotatable bonds is 33. The summed E-state index contributed by atoms with van der Waals surface area (Å²) in [6.45, 7) is 6.86. The van der Waals surface area contributed by atoms with Crippen molar-refractivity contribution in [3.8, 4) is 68.2 Å². The van der Waals surface area contributed by atoms with Crippen molar-refractivity contribution in [3.63, 3.8) is 0 Å². The van der Waals surface area contributed by atoms with E-state index in [1.165, 1.54) is 30.3 Å². The first-order chi connectivity index (χ1) is 66.0.